The fourth-order valence-electron chi connectivity index (χ4n) is 2.54. The summed E-state index contributed by atoms with van der Waals surface area (Å²) >= 11 is 3.61. The highest BCUT2D eigenvalue weighted by atomic mass is 127. The van der Waals surface area contributed by atoms with Crippen molar-refractivity contribution in [3.8, 4) is 0 Å². The predicted molar refractivity (Wildman–Crippen MR) is 112 cm³/mol. The molecule has 2 heterocycles. The Kier molecular flexibility index (Phi) is 6.55. The summed E-state index contributed by atoms with van der Waals surface area (Å²) < 4.78 is 42.9. The van der Waals surface area contributed by atoms with Gasteiger partial charge in [0.1, 0.15) is 5.82 Å². The van der Waals surface area contributed by atoms with Crippen molar-refractivity contribution in [1.82, 2.24) is 10.3 Å². The molecule has 0 aliphatic carbocycles. The second kappa shape index (κ2) is 8.91. The molecule has 146 valence electrons. The molecule has 0 fully saturated rings. The molecular formula is C19H15F3IN3OS. The summed E-state index contributed by atoms with van der Waals surface area (Å²) in [4.78, 5) is 17.7. The third-order valence-corrected chi connectivity index (χ3v) is 5.46. The van der Waals surface area contributed by atoms with Crippen molar-refractivity contribution in [3.63, 3.8) is 0 Å². The lowest BCUT2D eigenvalue weighted by Crippen LogP contribution is -2.27. The van der Waals surface area contributed by atoms with Crippen LogP contribution in [0.5, 0.6) is 0 Å². The van der Waals surface area contributed by atoms with Crippen LogP contribution < -0.4 is 10.6 Å². The highest BCUT2D eigenvalue weighted by Crippen LogP contribution is 2.29. The molecular weight excluding hydrogens is 502 g/mol. The van der Waals surface area contributed by atoms with Crippen molar-refractivity contribution in [3.05, 3.63) is 72.9 Å². The molecule has 0 saturated heterocycles. The number of rotatable bonds is 6. The van der Waals surface area contributed by atoms with Gasteiger partial charge in [0.05, 0.1) is 11.3 Å². The Bertz CT molecular complexity index is 1010. The molecule has 2 aromatic heterocycles. The molecule has 3 rings (SSSR count). The van der Waals surface area contributed by atoms with Gasteiger partial charge in [-0.25, -0.2) is 18.2 Å². The Hall–Kier alpha value is -2.14. The van der Waals surface area contributed by atoms with Crippen LogP contribution in [0.2, 0.25) is 0 Å². The number of nitrogens with zero attached hydrogens (tertiary/aromatic N) is 1. The number of thiophene rings is 1. The average Bonchev–Trinajstić information content (AvgIpc) is 3.17. The molecule has 0 unspecified atom stereocenters. The average molecular weight is 517 g/mol. The van der Waals surface area contributed by atoms with E-state index in [0.29, 0.717) is 18.1 Å². The Morgan fingerprint density at radius 2 is 2.04 bits per heavy atom. The summed E-state index contributed by atoms with van der Waals surface area (Å²) in [6.07, 6.45) is 2.12. The molecule has 0 aliphatic rings. The smallest absolute Gasteiger partial charge is 0.253 e. The van der Waals surface area contributed by atoms with E-state index >= 15 is 0 Å². The number of halogens is 4. The number of aromatic nitrogens is 1. The van der Waals surface area contributed by atoms with Gasteiger partial charge in [-0.3, -0.25) is 4.79 Å². The van der Waals surface area contributed by atoms with Gasteiger partial charge in [0, 0.05) is 21.2 Å². The normalized spacial score (nSPS) is 10.8. The van der Waals surface area contributed by atoms with E-state index in [2.05, 4.69) is 38.2 Å². The number of benzene rings is 1. The zero-order chi connectivity index (χ0) is 20.3. The van der Waals surface area contributed by atoms with Crippen LogP contribution >= 0.6 is 33.9 Å². The van der Waals surface area contributed by atoms with Crippen molar-refractivity contribution in [2.24, 2.45) is 0 Å². The first-order valence-electron chi connectivity index (χ1n) is 8.24. The first kappa shape index (κ1) is 20.6. The van der Waals surface area contributed by atoms with Crippen LogP contribution in [-0.2, 0) is 6.42 Å². The first-order chi connectivity index (χ1) is 13.4. The Morgan fingerprint density at radius 1 is 1.25 bits per heavy atom. The molecule has 0 radical (unpaired) electrons. The maximum absolute atomic E-state index is 14.4. The summed E-state index contributed by atoms with van der Waals surface area (Å²) in [7, 11) is 0. The van der Waals surface area contributed by atoms with Crippen molar-refractivity contribution in [2.75, 3.05) is 11.9 Å². The van der Waals surface area contributed by atoms with E-state index in [-0.39, 0.29) is 17.9 Å². The number of hydrogen-bond acceptors (Lipinski definition) is 4. The third-order valence-electron chi connectivity index (χ3n) is 3.93. The summed E-state index contributed by atoms with van der Waals surface area (Å²) in [5.41, 5.74) is -0.119. The molecule has 1 amide bonds. The van der Waals surface area contributed by atoms with E-state index < -0.39 is 29.0 Å². The number of carbonyl (C=O) groups is 1. The Labute approximate surface area is 177 Å². The fraction of sp³-hybridized carbons (Fsp3) is 0.158. The van der Waals surface area contributed by atoms with Crippen LogP contribution in [0.4, 0.5) is 24.7 Å². The number of anilines is 2. The molecule has 9 heteroatoms. The molecule has 0 bridgehead atoms. The van der Waals surface area contributed by atoms with Crippen molar-refractivity contribution in [2.45, 2.75) is 13.3 Å². The van der Waals surface area contributed by atoms with Crippen LogP contribution in [0.25, 0.3) is 0 Å². The summed E-state index contributed by atoms with van der Waals surface area (Å²) in [5, 5.41) is 7.16. The zero-order valence-corrected chi connectivity index (χ0v) is 17.6. The van der Waals surface area contributed by atoms with Crippen molar-refractivity contribution in [1.29, 1.82) is 0 Å². The van der Waals surface area contributed by atoms with Gasteiger partial charge in [-0.2, -0.15) is 0 Å². The number of carbonyl (C=O) groups excluding carboxylic acids is 1. The highest BCUT2D eigenvalue weighted by molar-refractivity contribution is 14.1. The SMILES string of the molecule is Cc1cc(I)cnc1Nc1c(C(=O)NCCc2cccs2)cc(F)c(F)c1F. The van der Waals surface area contributed by atoms with Crippen LogP contribution in [0.3, 0.4) is 0 Å². The molecule has 4 nitrogen and oxygen atoms in total. The van der Waals surface area contributed by atoms with Gasteiger partial charge in [-0.05, 0) is 65.1 Å². The molecule has 0 atom stereocenters. The van der Waals surface area contributed by atoms with Crippen LogP contribution in [-0.4, -0.2) is 17.4 Å². The predicted octanol–water partition coefficient (Wildman–Crippen LogP) is 5.19. The molecule has 0 spiro atoms. The summed E-state index contributed by atoms with van der Waals surface area (Å²) in [6, 6.07) is 6.29. The van der Waals surface area contributed by atoms with Gasteiger partial charge < -0.3 is 10.6 Å². The van der Waals surface area contributed by atoms with E-state index in [1.54, 1.807) is 24.3 Å². The lowest BCUT2D eigenvalue weighted by Gasteiger charge is -2.15. The van der Waals surface area contributed by atoms with Crippen LogP contribution in [0, 0.1) is 27.9 Å². The topological polar surface area (TPSA) is 54.0 Å². The maximum Gasteiger partial charge on any atom is 0.253 e. The lowest BCUT2D eigenvalue weighted by molar-refractivity contribution is 0.0954. The second-order valence-electron chi connectivity index (χ2n) is 5.94. The monoisotopic (exact) mass is 517 g/mol. The van der Waals surface area contributed by atoms with E-state index in [1.807, 2.05) is 17.5 Å². The highest BCUT2D eigenvalue weighted by Gasteiger charge is 2.23. The third kappa shape index (κ3) is 4.64. The van der Waals surface area contributed by atoms with Crippen LogP contribution in [0.15, 0.2) is 35.8 Å². The molecule has 1 aromatic carbocycles. The van der Waals surface area contributed by atoms with Gasteiger partial charge in [0.15, 0.2) is 17.5 Å². The van der Waals surface area contributed by atoms with Crippen LogP contribution in [0.1, 0.15) is 20.8 Å². The molecule has 2 N–H and O–H groups in total. The zero-order valence-electron chi connectivity index (χ0n) is 14.7. The van der Waals surface area contributed by atoms with Crippen molar-refractivity contribution < 1.29 is 18.0 Å². The summed E-state index contributed by atoms with van der Waals surface area (Å²) in [6.45, 7) is 2.01. The lowest BCUT2D eigenvalue weighted by atomic mass is 10.1. The minimum atomic E-state index is -1.65. The van der Waals surface area contributed by atoms with Gasteiger partial charge >= 0.3 is 0 Å². The quantitative estimate of drug-likeness (QED) is 0.350. The number of nitrogens with one attached hydrogen (secondary N) is 2. The van der Waals surface area contributed by atoms with Gasteiger partial charge in [-0.15, -0.1) is 11.3 Å². The van der Waals surface area contributed by atoms with Crippen molar-refractivity contribution >= 4 is 51.3 Å². The number of amides is 1. The number of aryl methyl sites for hydroxylation is 1. The molecule has 28 heavy (non-hydrogen) atoms. The Morgan fingerprint density at radius 3 is 2.71 bits per heavy atom. The molecule has 0 aliphatic heterocycles. The minimum absolute atomic E-state index is 0.248. The minimum Gasteiger partial charge on any atom is -0.352 e. The second-order valence-corrected chi connectivity index (χ2v) is 8.22. The van der Waals surface area contributed by atoms with E-state index in [4.69, 9.17) is 0 Å². The molecule has 0 saturated carbocycles. The maximum atomic E-state index is 14.4. The standard InChI is InChI=1S/C19H15F3IN3OS/c1-10-7-11(23)9-25-18(10)26-17-13(8-14(20)15(21)16(17)22)19(27)24-5-4-12-3-2-6-28-12/h2-3,6-9H,4-5H2,1H3,(H,24,27)(H,25,26). The largest absolute Gasteiger partial charge is 0.352 e. The van der Waals surface area contributed by atoms with E-state index in [1.165, 1.54) is 6.20 Å². The van der Waals surface area contributed by atoms with Gasteiger partial charge in [-0.1, -0.05) is 6.07 Å². The fourth-order valence-corrected chi connectivity index (χ4v) is 3.85. The van der Waals surface area contributed by atoms with Gasteiger partial charge in [0.2, 0.25) is 0 Å². The number of pyridine rings is 1. The van der Waals surface area contributed by atoms with E-state index in [0.717, 1.165) is 8.45 Å². The summed E-state index contributed by atoms with van der Waals surface area (Å²) in [5.74, 6) is -5.01. The first-order valence-corrected chi connectivity index (χ1v) is 10.2. The van der Waals surface area contributed by atoms with E-state index in [9.17, 15) is 18.0 Å². The van der Waals surface area contributed by atoms with Gasteiger partial charge in [0.25, 0.3) is 5.91 Å². The Balaban J connectivity index is 1.87. The number of hydrogen-bond donors (Lipinski definition) is 2. The molecule has 3 aromatic rings.